The second kappa shape index (κ2) is 5.00. The van der Waals surface area contributed by atoms with Crippen molar-refractivity contribution in [3.8, 4) is 0 Å². The molecule has 0 fully saturated rings. The van der Waals surface area contributed by atoms with E-state index in [4.69, 9.17) is 4.99 Å². The van der Waals surface area contributed by atoms with Gasteiger partial charge in [-0.2, -0.15) is 0 Å². The summed E-state index contributed by atoms with van der Waals surface area (Å²) >= 11 is 1.84. The van der Waals surface area contributed by atoms with Gasteiger partial charge in [-0.15, -0.1) is 0 Å². The van der Waals surface area contributed by atoms with E-state index in [1.165, 1.54) is 38.9 Å². The van der Waals surface area contributed by atoms with Crippen LogP contribution in [0.4, 0.5) is 0 Å². The van der Waals surface area contributed by atoms with Gasteiger partial charge in [-0.3, -0.25) is 4.99 Å². The highest BCUT2D eigenvalue weighted by Crippen LogP contribution is 2.51. The minimum Gasteiger partial charge on any atom is -0.314 e. The molecule has 2 aliphatic heterocycles. The maximum atomic E-state index is 5.10. The van der Waals surface area contributed by atoms with E-state index in [1.807, 2.05) is 11.8 Å². The Kier molecular flexibility index (Phi) is 2.92. The Morgan fingerprint density at radius 3 is 2.70 bits per heavy atom. The molecule has 0 N–H and O–H groups in total. The second-order valence-corrected chi connectivity index (χ2v) is 7.59. The lowest BCUT2D eigenvalue weighted by Gasteiger charge is -2.33. The molecular weight excluding hydrogens is 300 g/mol. The van der Waals surface area contributed by atoms with E-state index < -0.39 is 0 Å². The molecule has 114 valence electrons. The number of aliphatic imine (C=N–C) groups is 1. The number of nitrogens with zero attached hydrogens (tertiary/aromatic N) is 2. The molecule has 2 aromatic rings. The first kappa shape index (κ1) is 13.4. The van der Waals surface area contributed by atoms with Crippen molar-refractivity contribution in [1.29, 1.82) is 0 Å². The molecule has 0 radical (unpaired) electrons. The summed E-state index contributed by atoms with van der Waals surface area (Å²) in [4.78, 5) is 8.98. The molecule has 23 heavy (non-hydrogen) atoms. The lowest BCUT2D eigenvalue weighted by molar-refractivity contribution is 0.360. The fraction of sp³-hybridized carbons (Fsp3) is 0.250. The number of aryl methyl sites for hydroxylation is 1. The number of allylic oxidation sites excluding steroid dienone is 1. The summed E-state index contributed by atoms with van der Waals surface area (Å²) in [5.41, 5.74) is 5.57. The number of benzene rings is 2. The van der Waals surface area contributed by atoms with Crippen LogP contribution in [-0.4, -0.2) is 16.1 Å². The highest BCUT2D eigenvalue weighted by molar-refractivity contribution is 8.17. The van der Waals surface area contributed by atoms with Gasteiger partial charge in [0.05, 0.1) is 17.8 Å². The second-order valence-electron chi connectivity index (χ2n) is 6.40. The van der Waals surface area contributed by atoms with Crippen molar-refractivity contribution in [2.75, 3.05) is 0 Å². The van der Waals surface area contributed by atoms with Crippen LogP contribution in [0.2, 0.25) is 0 Å². The molecule has 2 heterocycles. The van der Waals surface area contributed by atoms with Crippen molar-refractivity contribution in [2.24, 2.45) is 4.99 Å². The Hall–Kier alpha value is -2.00. The number of rotatable bonds is 1. The molecule has 1 aliphatic carbocycles. The zero-order valence-corrected chi connectivity index (χ0v) is 13.9. The van der Waals surface area contributed by atoms with Gasteiger partial charge in [0.2, 0.25) is 0 Å². The maximum Gasteiger partial charge on any atom is 0.169 e. The lowest BCUT2D eigenvalue weighted by Crippen LogP contribution is -2.35. The summed E-state index contributed by atoms with van der Waals surface area (Å²) < 4.78 is 0. The number of thioether (sulfide) groups is 1. The average Bonchev–Trinajstić information content (AvgIpc) is 3.10. The molecule has 0 unspecified atom stereocenters. The van der Waals surface area contributed by atoms with Crippen molar-refractivity contribution in [3.63, 3.8) is 0 Å². The third kappa shape index (κ3) is 1.93. The van der Waals surface area contributed by atoms with E-state index in [9.17, 15) is 0 Å². The normalized spacial score (nSPS) is 25.1. The molecule has 0 saturated heterocycles. The Morgan fingerprint density at radius 2 is 1.83 bits per heavy atom. The monoisotopic (exact) mass is 318 g/mol. The molecule has 2 nitrogen and oxygen atoms in total. The molecule has 2 aromatic carbocycles. The van der Waals surface area contributed by atoms with Crippen LogP contribution in [0.1, 0.15) is 36.1 Å². The van der Waals surface area contributed by atoms with E-state index in [-0.39, 0.29) is 0 Å². The van der Waals surface area contributed by atoms with Crippen molar-refractivity contribution < 1.29 is 0 Å². The van der Waals surface area contributed by atoms with Gasteiger partial charge < -0.3 is 4.90 Å². The molecule has 3 aliphatic rings. The molecule has 2 atom stereocenters. The van der Waals surface area contributed by atoms with Gasteiger partial charge in [-0.05, 0) is 36.5 Å². The minimum atomic E-state index is 0.300. The molecular formula is C20H18N2S. The molecule has 0 saturated carbocycles. The number of hydrogen-bond acceptors (Lipinski definition) is 3. The minimum absolute atomic E-state index is 0.300. The summed E-state index contributed by atoms with van der Waals surface area (Å²) in [5.74, 6) is 0. The predicted octanol–water partition coefficient (Wildman–Crippen LogP) is 4.85. The van der Waals surface area contributed by atoms with Crippen LogP contribution in [0.3, 0.4) is 0 Å². The number of amidine groups is 1. The summed E-state index contributed by atoms with van der Waals surface area (Å²) in [6.45, 7) is 2.22. The summed E-state index contributed by atoms with van der Waals surface area (Å²) in [6, 6.07) is 20.4. The fourth-order valence-corrected chi connectivity index (χ4v) is 5.18. The summed E-state index contributed by atoms with van der Waals surface area (Å²) in [7, 11) is 0. The van der Waals surface area contributed by atoms with Crippen LogP contribution in [0, 0.1) is 0 Å². The standard InChI is InChI=1S/C20H18N2S/c1-13-19(15-8-3-2-4-9-15)22-17-12-11-14-7-5-6-10-16(14)18(17)21-20(22)23-13/h2-10,17-18H,11-12H2,1H3/t17-,18-/m0/s1. The van der Waals surface area contributed by atoms with Gasteiger partial charge in [-0.1, -0.05) is 66.4 Å². The van der Waals surface area contributed by atoms with Crippen LogP contribution in [0.5, 0.6) is 0 Å². The number of fused-ring (bicyclic) bond motifs is 5. The van der Waals surface area contributed by atoms with Crippen LogP contribution >= 0.6 is 11.8 Å². The van der Waals surface area contributed by atoms with E-state index in [1.54, 1.807) is 0 Å². The first-order valence-corrected chi connectivity index (χ1v) is 9.03. The highest BCUT2D eigenvalue weighted by atomic mass is 32.2. The Bertz CT molecular complexity index is 838. The van der Waals surface area contributed by atoms with Crippen LogP contribution < -0.4 is 0 Å². The van der Waals surface area contributed by atoms with Crippen molar-refractivity contribution in [1.82, 2.24) is 4.90 Å². The van der Waals surface area contributed by atoms with Gasteiger partial charge in [0.25, 0.3) is 0 Å². The molecule has 0 aromatic heterocycles. The first-order chi connectivity index (χ1) is 11.3. The molecule has 0 spiro atoms. The fourth-order valence-electron chi connectivity index (χ4n) is 4.10. The Balaban J connectivity index is 1.59. The Labute approximate surface area is 140 Å². The quantitative estimate of drug-likeness (QED) is 0.747. The summed E-state index contributed by atoms with van der Waals surface area (Å²) in [5, 5.41) is 1.19. The van der Waals surface area contributed by atoms with E-state index >= 15 is 0 Å². The average molecular weight is 318 g/mol. The third-order valence-corrected chi connectivity index (χ3v) is 6.09. The SMILES string of the molecule is CC1=C(c2ccccc2)N2C(=N[C@H]3c4ccccc4CC[C@@H]32)S1. The van der Waals surface area contributed by atoms with Crippen molar-refractivity contribution >= 4 is 22.6 Å². The van der Waals surface area contributed by atoms with Gasteiger partial charge in [0.15, 0.2) is 5.17 Å². The smallest absolute Gasteiger partial charge is 0.169 e. The summed E-state index contributed by atoms with van der Waals surface area (Å²) in [6.07, 6.45) is 2.33. The molecule has 3 heteroatoms. The lowest BCUT2D eigenvalue weighted by atomic mass is 9.84. The van der Waals surface area contributed by atoms with Gasteiger partial charge in [0.1, 0.15) is 0 Å². The van der Waals surface area contributed by atoms with Crippen molar-refractivity contribution in [2.45, 2.75) is 31.8 Å². The maximum absolute atomic E-state index is 5.10. The Morgan fingerprint density at radius 1 is 1.04 bits per heavy atom. The first-order valence-electron chi connectivity index (χ1n) is 8.22. The van der Waals surface area contributed by atoms with Crippen LogP contribution in [0.15, 0.2) is 64.5 Å². The highest BCUT2D eigenvalue weighted by Gasteiger charge is 2.45. The molecule has 0 bridgehead atoms. The predicted molar refractivity (Wildman–Crippen MR) is 97.2 cm³/mol. The largest absolute Gasteiger partial charge is 0.314 e. The van der Waals surface area contributed by atoms with Crippen LogP contribution in [0.25, 0.3) is 5.70 Å². The molecule has 0 amide bonds. The third-order valence-electron chi connectivity index (χ3n) is 5.10. The molecule has 5 rings (SSSR count). The van der Waals surface area contributed by atoms with Crippen molar-refractivity contribution in [3.05, 3.63) is 76.2 Å². The zero-order valence-electron chi connectivity index (χ0n) is 13.1. The van der Waals surface area contributed by atoms with Gasteiger partial charge in [0, 0.05) is 4.91 Å². The topological polar surface area (TPSA) is 15.6 Å². The zero-order chi connectivity index (χ0) is 15.4. The van der Waals surface area contributed by atoms with Gasteiger partial charge >= 0.3 is 0 Å². The number of hydrogen-bond donors (Lipinski definition) is 0. The van der Waals surface area contributed by atoms with E-state index in [0.717, 1.165) is 6.42 Å². The van der Waals surface area contributed by atoms with E-state index in [2.05, 4.69) is 66.4 Å². The van der Waals surface area contributed by atoms with Crippen LogP contribution in [-0.2, 0) is 6.42 Å². The van der Waals surface area contributed by atoms with E-state index in [0.29, 0.717) is 12.1 Å². The van der Waals surface area contributed by atoms with Gasteiger partial charge in [-0.25, -0.2) is 0 Å².